The molecule has 2 nitrogen and oxygen atoms in total. The van der Waals surface area contributed by atoms with Crippen LogP contribution in [0.1, 0.15) is 12.5 Å². The first-order valence-corrected chi connectivity index (χ1v) is 6.45. The predicted molar refractivity (Wildman–Crippen MR) is 82.0 cm³/mol. The summed E-state index contributed by atoms with van der Waals surface area (Å²) in [7, 11) is 1.85. The van der Waals surface area contributed by atoms with Gasteiger partial charge in [-0.3, -0.25) is 9.89 Å². The first-order valence-electron chi connectivity index (χ1n) is 6.45. The second-order valence-electron chi connectivity index (χ2n) is 4.44. The van der Waals surface area contributed by atoms with Crippen LogP contribution in [-0.4, -0.2) is 12.9 Å². The minimum atomic E-state index is 1.01. The number of para-hydroxylation sites is 2. The zero-order valence-corrected chi connectivity index (χ0v) is 11.2. The Morgan fingerprint density at radius 2 is 1.63 bits per heavy atom. The van der Waals surface area contributed by atoms with Crippen LogP contribution in [0.3, 0.4) is 0 Å². The summed E-state index contributed by atoms with van der Waals surface area (Å²) in [6.45, 7) is 2.06. The summed E-state index contributed by atoms with van der Waals surface area (Å²) >= 11 is 0. The fraction of sp³-hybridized carbons (Fsp3) is 0.118. The van der Waals surface area contributed by atoms with Crippen LogP contribution >= 0.6 is 0 Å². The van der Waals surface area contributed by atoms with E-state index in [0.29, 0.717) is 0 Å². The maximum atomic E-state index is 4.49. The zero-order chi connectivity index (χ0) is 13.2. The first kappa shape index (κ1) is 11.7. The van der Waals surface area contributed by atoms with Crippen LogP contribution in [0.4, 0.5) is 11.4 Å². The Morgan fingerprint density at radius 1 is 0.947 bits per heavy atom. The van der Waals surface area contributed by atoms with Crippen molar-refractivity contribution < 1.29 is 0 Å². The average molecular weight is 248 g/mol. The van der Waals surface area contributed by atoms with Gasteiger partial charge in [0.25, 0.3) is 0 Å². The molecule has 0 aromatic heterocycles. The van der Waals surface area contributed by atoms with Gasteiger partial charge in [-0.15, -0.1) is 0 Å². The normalized spacial score (nSPS) is 18.1. The van der Waals surface area contributed by atoms with E-state index >= 15 is 0 Å². The molecule has 2 aromatic rings. The summed E-state index contributed by atoms with van der Waals surface area (Å²) < 4.78 is 0. The third-order valence-electron chi connectivity index (χ3n) is 3.40. The molecule has 0 saturated carbocycles. The lowest BCUT2D eigenvalue weighted by molar-refractivity contribution is 1.33. The molecule has 0 aliphatic carbocycles. The number of amidine groups is 1. The van der Waals surface area contributed by atoms with E-state index in [1.165, 1.54) is 16.8 Å². The Kier molecular flexibility index (Phi) is 2.92. The maximum absolute atomic E-state index is 4.49. The number of anilines is 2. The van der Waals surface area contributed by atoms with Crippen LogP contribution in [0.15, 0.2) is 65.7 Å². The average Bonchev–Trinajstić information content (AvgIpc) is 2.81. The highest BCUT2D eigenvalue weighted by Gasteiger charge is 2.29. The molecular weight excluding hydrogens is 232 g/mol. The molecular formula is C17H16N2. The Labute approximate surface area is 113 Å². The van der Waals surface area contributed by atoms with Crippen molar-refractivity contribution >= 4 is 22.8 Å². The minimum absolute atomic E-state index is 1.01. The van der Waals surface area contributed by atoms with E-state index in [1.54, 1.807) is 0 Å². The van der Waals surface area contributed by atoms with Gasteiger partial charge in [0.15, 0.2) is 0 Å². The lowest BCUT2D eigenvalue weighted by Crippen LogP contribution is -2.20. The molecule has 1 heterocycles. The van der Waals surface area contributed by atoms with E-state index in [1.807, 2.05) is 13.1 Å². The molecule has 0 radical (unpaired) electrons. The summed E-state index contributed by atoms with van der Waals surface area (Å²) in [4.78, 5) is 6.70. The van der Waals surface area contributed by atoms with Crippen LogP contribution in [0.5, 0.6) is 0 Å². The summed E-state index contributed by atoms with van der Waals surface area (Å²) in [6, 6.07) is 18.8. The monoisotopic (exact) mass is 248 g/mol. The fourth-order valence-corrected chi connectivity index (χ4v) is 2.59. The maximum Gasteiger partial charge on any atom is 0.140 e. The van der Waals surface area contributed by atoms with Gasteiger partial charge < -0.3 is 0 Å². The van der Waals surface area contributed by atoms with Crippen LogP contribution in [0, 0.1) is 0 Å². The van der Waals surface area contributed by atoms with Crippen molar-refractivity contribution in [3.8, 4) is 0 Å². The molecule has 0 N–H and O–H groups in total. The van der Waals surface area contributed by atoms with Crippen molar-refractivity contribution in [2.75, 3.05) is 11.9 Å². The number of hydrogen-bond acceptors (Lipinski definition) is 1. The summed E-state index contributed by atoms with van der Waals surface area (Å²) in [5.74, 6) is 1.01. The molecule has 0 fully saturated rings. The van der Waals surface area contributed by atoms with E-state index in [0.717, 1.165) is 11.5 Å². The SMILES string of the molecule is CC=C1C(=NC)N(c2ccccc2)c2ccccc21. The smallest absolute Gasteiger partial charge is 0.140 e. The number of fused-ring (bicyclic) bond motifs is 1. The van der Waals surface area contributed by atoms with Crippen LogP contribution in [0.25, 0.3) is 5.57 Å². The summed E-state index contributed by atoms with van der Waals surface area (Å²) in [6.07, 6.45) is 2.13. The molecule has 94 valence electrons. The molecule has 0 spiro atoms. The van der Waals surface area contributed by atoms with E-state index in [2.05, 4.69) is 71.4 Å². The minimum Gasteiger partial charge on any atom is -0.294 e. The van der Waals surface area contributed by atoms with Gasteiger partial charge in [0.2, 0.25) is 0 Å². The molecule has 0 amide bonds. The Balaban J connectivity index is 2.25. The molecule has 2 heteroatoms. The van der Waals surface area contributed by atoms with Gasteiger partial charge in [0.1, 0.15) is 5.84 Å². The first-order chi connectivity index (χ1) is 9.36. The number of aliphatic imine (C=N–C) groups is 1. The molecule has 0 unspecified atom stereocenters. The van der Waals surface area contributed by atoms with Crippen molar-refractivity contribution in [1.82, 2.24) is 0 Å². The van der Waals surface area contributed by atoms with Gasteiger partial charge >= 0.3 is 0 Å². The van der Waals surface area contributed by atoms with E-state index in [4.69, 9.17) is 0 Å². The standard InChI is InChI=1S/C17H16N2/c1-3-14-15-11-7-8-12-16(15)19(17(14)18-2)13-9-5-4-6-10-13/h3-12H,1-2H3. The molecule has 0 saturated heterocycles. The molecule has 2 aromatic carbocycles. The van der Waals surface area contributed by atoms with Crippen molar-refractivity contribution in [1.29, 1.82) is 0 Å². The Hall–Kier alpha value is -2.35. The zero-order valence-electron chi connectivity index (χ0n) is 11.2. The van der Waals surface area contributed by atoms with Gasteiger partial charge in [-0.25, -0.2) is 0 Å². The lowest BCUT2D eigenvalue weighted by Gasteiger charge is -2.20. The van der Waals surface area contributed by atoms with Crippen LogP contribution < -0.4 is 4.90 Å². The van der Waals surface area contributed by atoms with E-state index < -0.39 is 0 Å². The number of benzene rings is 2. The highest BCUT2D eigenvalue weighted by Crippen LogP contribution is 2.41. The molecule has 19 heavy (non-hydrogen) atoms. The highest BCUT2D eigenvalue weighted by molar-refractivity contribution is 6.37. The lowest BCUT2D eigenvalue weighted by atomic mass is 10.1. The number of nitrogens with zero attached hydrogens (tertiary/aromatic N) is 2. The van der Waals surface area contributed by atoms with Gasteiger partial charge in [0, 0.05) is 23.9 Å². The largest absolute Gasteiger partial charge is 0.294 e. The quantitative estimate of drug-likeness (QED) is 0.736. The van der Waals surface area contributed by atoms with Gasteiger partial charge in [0.05, 0.1) is 5.69 Å². The van der Waals surface area contributed by atoms with Gasteiger partial charge in [-0.2, -0.15) is 0 Å². The van der Waals surface area contributed by atoms with Crippen molar-refractivity contribution in [3.05, 3.63) is 66.2 Å². The van der Waals surface area contributed by atoms with E-state index in [9.17, 15) is 0 Å². The third-order valence-corrected chi connectivity index (χ3v) is 3.40. The van der Waals surface area contributed by atoms with E-state index in [-0.39, 0.29) is 0 Å². The van der Waals surface area contributed by atoms with Crippen LogP contribution in [0.2, 0.25) is 0 Å². The number of rotatable bonds is 1. The molecule has 1 aliphatic rings. The molecule has 3 rings (SSSR count). The second kappa shape index (κ2) is 4.73. The summed E-state index contributed by atoms with van der Waals surface area (Å²) in [5, 5.41) is 0. The van der Waals surface area contributed by atoms with Crippen LogP contribution in [-0.2, 0) is 0 Å². The third kappa shape index (κ3) is 1.76. The molecule has 0 atom stereocenters. The summed E-state index contributed by atoms with van der Waals surface area (Å²) in [5.41, 5.74) is 4.78. The fourth-order valence-electron chi connectivity index (χ4n) is 2.59. The Bertz CT molecular complexity index is 654. The highest BCUT2D eigenvalue weighted by atomic mass is 15.2. The molecule has 0 bridgehead atoms. The second-order valence-corrected chi connectivity index (χ2v) is 4.44. The van der Waals surface area contributed by atoms with Crippen molar-refractivity contribution in [2.45, 2.75) is 6.92 Å². The van der Waals surface area contributed by atoms with Gasteiger partial charge in [-0.1, -0.05) is 42.5 Å². The number of hydrogen-bond donors (Lipinski definition) is 0. The van der Waals surface area contributed by atoms with Crippen molar-refractivity contribution in [2.24, 2.45) is 4.99 Å². The predicted octanol–water partition coefficient (Wildman–Crippen LogP) is 4.27. The number of allylic oxidation sites excluding steroid dienone is 1. The van der Waals surface area contributed by atoms with Gasteiger partial charge in [-0.05, 0) is 25.1 Å². The topological polar surface area (TPSA) is 15.6 Å². The Morgan fingerprint density at radius 3 is 2.32 bits per heavy atom. The molecule has 1 aliphatic heterocycles. The van der Waals surface area contributed by atoms with Crippen molar-refractivity contribution in [3.63, 3.8) is 0 Å².